The summed E-state index contributed by atoms with van der Waals surface area (Å²) in [5.41, 5.74) is 13.3. The molecule has 0 radical (unpaired) electrons. The molecule has 0 spiro atoms. The number of benzene rings is 1. The molecule has 0 saturated carbocycles. The Bertz CT molecular complexity index is 990. The molecule has 2 heterocycles. The van der Waals surface area contributed by atoms with E-state index in [4.69, 9.17) is 26.6 Å². The molecule has 1 aliphatic rings. The first-order valence-electron chi connectivity index (χ1n) is 7.92. The van der Waals surface area contributed by atoms with Crippen LogP contribution in [0.1, 0.15) is 22.7 Å². The molecule has 1 unspecified atom stereocenters. The molecule has 136 valence electrons. The second-order valence-corrected chi connectivity index (χ2v) is 5.51. The van der Waals surface area contributed by atoms with Gasteiger partial charge in [0, 0.05) is 11.1 Å². The number of nitriles is 2. The van der Waals surface area contributed by atoms with Crippen molar-refractivity contribution in [3.63, 3.8) is 0 Å². The quantitative estimate of drug-likeness (QED) is 0.380. The van der Waals surface area contributed by atoms with Crippen LogP contribution < -0.4 is 26.8 Å². The molecule has 2 aromatic rings. The second kappa shape index (κ2) is 7.47. The highest BCUT2D eigenvalue weighted by Crippen LogP contribution is 2.42. The normalized spacial score (nSPS) is 14.8. The number of aliphatic hydroxyl groups is 1. The van der Waals surface area contributed by atoms with Crippen LogP contribution in [-0.4, -0.2) is 29.3 Å². The fraction of sp³-hybridized carbons (Fsp3) is 0.176. The molecule has 1 aromatic heterocycles. The van der Waals surface area contributed by atoms with Crippen molar-refractivity contribution in [2.24, 2.45) is 4.99 Å². The number of nitrogens with two attached hydrogens (primary N) is 2. The molecular formula is C17H16N8O2. The molecule has 0 aliphatic carbocycles. The fourth-order valence-corrected chi connectivity index (χ4v) is 2.80. The maximum atomic E-state index is 9.35. The molecule has 0 bridgehead atoms. The SMILES string of the molecule is N#CNC1=NC(c2ccccc2OCCO)c2c(nc(N)c(C#N)c2N)N1. The molecule has 0 amide bonds. The topological polar surface area (TPSA) is 178 Å². The van der Waals surface area contributed by atoms with Gasteiger partial charge in [0.2, 0.25) is 5.96 Å². The molecule has 0 saturated heterocycles. The Morgan fingerprint density at radius 2 is 2.07 bits per heavy atom. The number of aromatic nitrogens is 1. The molecule has 0 fully saturated rings. The Kier molecular flexibility index (Phi) is 4.92. The number of fused-ring (bicyclic) bond motifs is 1. The lowest BCUT2D eigenvalue weighted by molar-refractivity contribution is 0.200. The van der Waals surface area contributed by atoms with Gasteiger partial charge in [-0.15, -0.1) is 0 Å². The largest absolute Gasteiger partial charge is 0.491 e. The van der Waals surface area contributed by atoms with E-state index in [1.807, 2.05) is 6.07 Å². The molecule has 10 nitrogen and oxygen atoms in total. The van der Waals surface area contributed by atoms with E-state index < -0.39 is 6.04 Å². The van der Waals surface area contributed by atoms with E-state index in [9.17, 15) is 5.26 Å². The third-order valence-corrected chi connectivity index (χ3v) is 3.92. The number of pyridine rings is 1. The number of ether oxygens (including phenoxy) is 1. The predicted octanol–water partition coefficient (Wildman–Crippen LogP) is 0.430. The van der Waals surface area contributed by atoms with Gasteiger partial charge in [-0.3, -0.25) is 5.32 Å². The van der Waals surface area contributed by atoms with Crippen LogP contribution in [0.15, 0.2) is 29.3 Å². The summed E-state index contributed by atoms with van der Waals surface area (Å²) in [5, 5.41) is 32.6. The number of rotatable bonds is 4. The number of nitrogen functional groups attached to an aromatic ring is 2. The van der Waals surface area contributed by atoms with Crippen molar-refractivity contribution in [1.29, 1.82) is 10.5 Å². The summed E-state index contributed by atoms with van der Waals surface area (Å²) in [6.07, 6.45) is 1.79. The highest BCUT2D eigenvalue weighted by atomic mass is 16.5. The summed E-state index contributed by atoms with van der Waals surface area (Å²) in [6, 6.07) is 8.33. The van der Waals surface area contributed by atoms with Crippen LogP contribution in [0.2, 0.25) is 0 Å². The first-order valence-corrected chi connectivity index (χ1v) is 7.92. The van der Waals surface area contributed by atoms with Gasteiger partial charge in [-0.1, -0.05) is 18.2 Å². The van der Waals surface area contributed by atoms with Gasteiger partial charge in [0.25, 0.3) is 0 Å². The predicted molar refractivity (Wildman–Crippen MR) is 98.4 cm³/mol. The average Bonchev–Trinajstić information content (AvgIpc) is 2.66. The number of hydrogen-bond donors (Lipinski definition) is 5. The standard InChI is InChI=1S/C17H16N8O2/c18-7-10-13(20)12-14(9-3-1-2-4-11(9)27-6-5-26)23-17(22-8-19)25-16(12)24-15(10)21/h1-4,14,26H,5-6H2,(H6,20,21,22,23,24,25). The fourth-order valence-electron chi connectivity index (χ4n) is 2.80. The first kappa shape index (κ1) is 17.8. The summed E-state index contributed by atoms with van der Waals surface area (Å²) < 4.78 is 5.59. The lowest BCUT2D eigenvalue weighted by atomic mass is 9.94. The zero-order valence-electron chi connectivity index (χ0n) is 14.1. The lowest BCUT2D eigenvalue weighted by Crippen LogP contribution is -2.33. The van der Waals surface area contributed by atoms with Crippen LogP contribution in [0.5, 0.6) is 5.75 Å². The van der Waals surface area contributed by atoms with Crippen molar-refractivity contribution in [2.75, 3.05) is 30.0 Å². The van der Waals surface area contributed by atoms with E-state index in [1.54, 1.807) is 30.5 Å². The zero-order valence-corrected chi connectivity index (χ0v) is 14.1. The molecular weight excluding hydrogens is 348 g/mol. The third kappa shape index (κ3) is 3.25. The van der Waals surface area contributed by atoms with E-state index in [-0.39, 0.29) is 36.2 Å². The lowest BCUT2D eigenvalue weighted by Gasteiger charge is -2.27. The van der Waals surface area contributed by atoms with Crippen LogP contribution in [0.25, 0.3) is 0 Å². The number of guanidine groups is 1. The van der Waals surface area contributed by atoms with Crippen molar-refractivity contribution in [1.82, 2.24) is 10.3 Å². The van der Waals surface area contributed by atoms with Gasteiger partial charge >= 0.3 is 0 Å². The van der Waals surface area contributed by atoms with Crippen molar-refractivity contribution in [2.45, 2.75) is 6.04 Å². The van der Waals surface area contributed by atoms with Crippen LogP contribution in [0.4, 0.5) is 17.3 Å². The van der Waals surface area contributed by atoms with Crippen LogP contribution in [0.3, 0.4) is 0 Å². The minimum absolute atomic E-state index is 0.0250. The van der Waals surface area contributed by atoms with Gasteiger partial charge in [-0.2, -0.15) is 10.5 Å². The van der Waals surface area contributed by atoms with Gasteiger partial charge in [0.15, 0.2) is 6.19 Å². The molecule has 7 N–H and O–H groups in total. The van der Waals surface area contributed by atoms with Crippen molar-refractivity contribution in [3.05, 3.63) is 41.0 Å². The van der Waals surface area contributed by atoms with Gasteiger partial charge in [-0.05, 0) is 6.07 Å². The molecule has 10 heteroatoms. The monoisotopic (exact) mass is 364 g/mol. The van der Waals surface area contributed by atoms with E-state index in [1.165, 1.54) is 0 Å². The number of aliphatic imine (C=N–C) groups is 1. The Morgan fingerprint density at radius 3 is 2.78 bits per heavy atom. The Morgan fingerprint density at radius 1 is 1.30 bits per heavy atom. The summed E-state index contributed by atoms with van der Waals surface area (Å²) in [7, 11) is 0. The van der Waals surface area contributed by atoms with Gasteiger partial charge in [0.05, 0.1) is 12.3 Å². The molecule has 1 atom stereocenters. The highest BCUT2D eigenvalue weighted by molar-refractivity contribution is 5.98. The molecule has 3 rings (SSSR count). The van der Waals surface area contributed by atoms with Crippen LogP contribution >= 0.6 is 0 Å². The van der Waals surface area contributed by atoms with Crippen LogP contribution in [0, 0.1) is 22.8 Å². The number of nitrogens with one attached hydrogen (secondary N) is 2. The van der Waals surface area contributed by atoms with Crippen molar-refractivity contribution in [3.8, 4) is 18.0 Å². The Hall–Kier alpha value is -4.02. The zero-order chi connectivity index (χ0) is 19.4. The number of para-hydroxylation sites is 1. The van der Waals surface area contributed by atoms with Crippen molar-refractivity contribution < 1.29 is 9.84 Å². The third-order valence-electron chi connectivity index (χ3n) is 3.92. The maximum Gasteiger partial charge on any atom is 0.211 e. The van der Waals surface area contributed by atoms with E-state index in [2.05, 4.69) is 20.6 Å². The molecule has 1 aliphatic heterocycles. The number of hydrogen-bond acceptors (Lipinski definition) is 10. The second-order valence-electron chi connectivity index (χ2n) is 5.51. The van der Waals surface area contributed by atoms with E-state index in [0.717, 1.165) is 0 Å². The van der Waals surface area contributed by atoms with Gasteiger partial charge in [-0.25, -0.2) is 9.98 Å². The highest BCUT2D eigenvalue weighted by Gasteiger charge is 2.31. The number of aliphatic hydroxyl groups excluding tert-OH is 1. The minimum Gasteiger partial charge on any atom is -0.491 e. The minimum atomic E-state index is -0.702. The van der Waals surface area contributed by atoms with Gasteiger partial charge in [0.1, 0.15) is 41.7 Å². The number of anilines is 3. The van der Waals surface area contributed by atoms with E-state index >= 15 is 0 Å². The summed E-state index contributed by atoms with van der Waals surface area (Å²) >= 11 is 0. The first-order chi connectivity index (χ1) is 13.1. The van der Waals surface area contributed by atoms with E-state index in [0.29, 0.717) is 22.7 Å². The average molecular weight is 364 g/mol. The summed E-state index contributed by atoms with van der Waals surface area (Å²) in [5.74, 6) is 0.906. The molecule has 27 heavy (non-hydrogen) atoms. The smallest absolute Gasteiger partial charge is 0.211 e. The Labute approximate surface area is 154 Å². The number of nitrogens with zero attached hydrogens (tertiary/aromatic N) is 4. The van der Waals surface area contributed by atoms with Crippen LogP contribution in [-0.2, 0) is 0 Å². The maximum absolute atomic E-state index is 9.35. The Balaban J connectivity index is 2.21. The van der Waals surface area contributed by atoms with Crippen molar-refractivity contribution >= 4 is 23.3 Å². The summed E-state index contributed by atoms with van der Waals surface area (Å²) in [4.78, 5) is 8.68. The van der Waals surface area contributed by atoms with Gasteiger partial charge < -0.3 is 26.6 Å². The summed E-state index contributed by atoms with van der Waals surface area (Å²) in [6.45, 7) is -0.0543. The molecule has 1 aromatic carbocycles.